The van der Waals surface area contributed by atoms with Gasteiger partial charge in [0.15, 0.2) is 0 Å². The Labute approximate surface area is 70.5 Å². The van der Waals surface area contributed by atoms with E-state index in [4.69, 9.17) is 0 Å². The zero-order valence-corrected chi connectivity index (χ0v) is 6.99. The van der Waals surface area contributed by atoms with E-state index in [-0.39, 0.29) is 5.95 Å². The molecule has 0 amide bonds. The summed E-state index contributed by atoms with van der Waals surface area (Å²) in [6, 6.07) is 0. The van der Waals surface area contributed by atoms with Gasteiger partial charge >= 0.3 is 11.9 Å². The number of rotatable bonds is 3. The lowest BCUT2D eigenvalue weighted by Crippen LogP contribution is -2.05. The van der Waals surface area contributed by atoms with Crippen molar-refractivity contribution in [1.29, 1.82) is 0 Å². The van der Waals surface area contributed by atoms with Gasteiger partial charge in [0.1, 0.15) is 0 Å². The van der Waals surface area contributed by atoms with E-state index in [1.165, 1.54) is 26.0 Å². The molecule has 0 saturated carbocycles. The molecule has 0 N–H and O–H groups in total. The lowest BCUT2D eigenvalue weighted by atomic mass is 10.6. The Bertz CT molecular complexity index is 209. The number of hydrogen-bond donors (Lipinski definition) is 0. The predicted molar refractivity (Wildman–Crippen MR) is 41.8 cm³/mol. The molecule has 0 aliphatic carbocycles. The highest BCUT2D eigenvalue weighted by molar-refractivity contribution is 5.69. The first-order chi connectivity index (χ1) is 5.56. The maximum atomic E-state index is 10.4. The summed E-state index contributed by atoms with van der Waals surface area (Å²) in [5.74, 6) is -1.27. The molecule has 0 aliphatic heterocycles. The summed E-state index contributed by atoms with van der Waals surface area (Å²) < 4.78 is 9.02. The van der Waals surface area contributed by atoms with Crippen LogP contribution in [-0.4, -0.2) is 11.9 Å². The van der Waals surface area contributed by atoms with E-state index < -0.39 is 11.9 Å². The Morgan fingerprint density at radius 1 is 1.17 bits per heavy atom. The molecule has 0 aromatic carbocycles. The quantitative estimate of drug-likeness (QED) is 0.362. The molecule has 0 radical (unpaired) electrons. The van der Waals surface area contributed by atoms with Crippen molar-refractivity contribution in [3.05, 3.63) is 24.7 Å². The minimum Gasteiger partial charge on any atom is -0.393 e. The Morgan fingerprint density at radius 2 is 1.58 bits per heavy atom. The van der Waals surface area contributed by atoms with Crippen LogP contribution >= 0.6 is 0 Å². The van der Waals surface area contributed by atoms with Crippen LogP contribution in [0, 0.1) is 0 Å². The molecule has 0 atom stereocenters. The minimum absolute atomic E-state index is 0.162. The number of carbonyl (C=O) groups is 2. The first-order valence-corrected chi connectivity index (χ1v) is 3.26. The van der Waals surface area contributed by atoms with Gasteiger partial charge < -0.3 is 9.47 Å². The smallest absolute Gasteiger partial charge is 0.310 e. The first-order valence-electron chi connectivity index (χ1n) is 3.26. The Morgan fingerprint density at radius 3 is 1.83 bits per heavy atom. The molecule has 0 fully saturated rings. The zero-order valence-electron chi connectivity index (χ0n) is 6.99. The number of esters is 2. The fraction of sp³-hybridized carbons (Fsp3) is 0.250. The first kappa shape index (κ1) is 10.4. The fourth-order valence-corrected chi connectivity index (χ4v) is 0.468. The van der Waals surface area contributed by atoms with E-state index in [0.29, 0.717) is 0 Å². The summed E-state index contributed by atoms with van der Waals surface area (Å²) in [6.07, 6.45) is 2.63. The average Bonchev–Trinajstić information content (AvgIpc) is 1.84. The molecule has 4 nitrogen and oxygen atoms in total. The molecule has 0 unspecified atom stereocenters. The molecular weight excluding hydrogens is 160 g/mol. The number of ether oxygens (including phenoxy) is 2. The molecule has 0 saturated heterocycles. The van der Waals surface area contributed by atoms with Gasteiger partial charge in [0, 0.05) is 19.9 Å². The summed E-state index contributed by atoms with van der Waals surface area (Å²) in [5.41, 5.74) is 0. The summed E-state index contributed by atoms with van der Waals surface area (Å²) >= 11 is 0. The lowest BCUT2D eigenvalue weighted by Gasteiger charge is -2.03. The fourth-order valence-electron chi connectivity index (χ4n) is 0.468. The molecule has 0 aromatic rings. The van der Waals surface area contributed by atoms with Crippen molar-refractivity contribution >= 4 is 11.9 Å². The molecule has 0 aliphatic rings. The van der Waals surface area contributed by atoms with Gasteiger partial charge in [0.05, 0.1) is 0 Å². The lowest BCUT2D eigenvalue weighted by molar-refractivity contribution is -0.150. The molecule has 0 bridgehead atoms. The van der Waals surface area contributed by atoms with Crippen molar-refractivity contribution in [2.75, 3.05) is 0 Å². The van der Waals surface area contributed by atoms with Crippen molar-refractivity contribution in [1.82, 2.24) is 0 Å². The van der Waals surface area contributed by atoms with Crippen LogP contribution in [0.1, 0.15) is 13.8 Å². The largest absolute Gasteiger partial charge is 0.393 e. The van der Waals surface area contributed by atoms with Crippen LogP contribution in [0.5, 0.6) is 0 Å². The Hall–Kier alpha value is -1.58. The molecule has 0 spiro atoms. The minimum atomic E-state index is -0.552. The molecule has 12 heavy (non-hydrogen) atoms. The van der Waals surface area contributed by atoms with Crippen LogP contribution in [0.4, 0.5) is 0 Å². The van der Waals surface area contributed by atoms with E-state index in [0.717, 1.165) is 0 Å². The SMILES string of the molecule is C=CC=C(OC(C)=O)OC(C)=O. The van der Waals surface area contributed by atoms with Crippen LogP contribution in [0.15, 0.2) is 24.7 Å². The van der Waals surface area contributed by atoms with Crippen molar-refractivity contribution in [2.24, 2.45) is 0 Å². The van der Waals surface area contributed by atoms with Gasteiger partial charge in [-0.25, -0.2) is 0 Å². The van der Waals surface area contributed by atoms with E-state index in [9.17, 15) is 9.59 Å². The van der Waals surface area contributed by atoms with Crippen LogP contribution in [0.25, 0.3) is 0 Å². The van der Waals surface area contributed by atoms with Crippen LogP contribution in [0.2, 0.25) is 0 Å². The second-order valence-corrected chi connectivity index (χ2v) is 1.91. The number of hydrogen-bond acceptors (Lipinski definition) is 4. The third-order valence-corrected chi connectivity index (χ3v) is 0.743. The van der Waals surface area contributed by atoms with Crippen LogP contribution in [0.3, 0.4) is 0 Å². The van der Waals surface area contributed by atoms with Gasteiger partial charge in [-0.15, -0.1) is 0 Å². The third kappa shape index (κ3) is 5.22. The number of allylic oxidation sites excluding steroid dienone is 2. The van der Waals surface area contributed by atoms with E-state index >= 15 is 0 Å². The molecule has 4 heteroatoms. The van der Waals surface area contributed by atoms with E-state index in [1.807, 2.05) is 0 Å². The second-order valence-electron chi connectivity index (χ2n) is 1.91. The van der Waals surface area contributed by atoms with Gasteiger partial charge in [-0.2, -0.15) is 0 Å². The van der Waals surface area contributed by atoms with Gasteiger partial charge in [0.25, 0.3) is 5.95 Å². The van der Waals surface area contributed by atoms with Gasteiger partial charge in [-0.1, -0.05) is 12.7 Å². The highest BCUT2D eigenvalue weighted by Crippen LogP contribution is 2.00. The highest BCUT2D eigenvalue weighted by atomic mass is 16.7. The molecule has 0 heterocycles. The van der Waals surface area contributed by atoms with Gasteiger partial charge in [-0.3, -0.25) is 9.59 Å². The maximum Gasteiger partial charge on any atom is 0.310 e. The van der Waals surface area contributed by atoms with E-state index in [2.05, 4.69) is 16.1 Å². The summed E-state index contributed by atoms with van der Waals surface area (Å²) in [5, 5.41) is 0. The maximum absolute atomic E-state index is 10.4. The van der Waals surface area contributed by atoms with Crippen molar-refractivity contribution in [3.63, 3.8) is 0 Å². The molecule has 66 valence electrons. The standard InChI is InChI=1S/C8H10O4/c1-4-5-8(11-6(2)9)12-7(3)10/h4-5H,1H2,2-3H3. The Balaban J connectivity index is 4.23. The van der Waals surface area contributed by atoms with Crippen molar-refractivity contribution < 1.29 is 19.1 Å². The predicted octanol–water partition coefficient (Wildman–Crippen LogP) is 1.14. The second kappa shape index (κ2) is 5.12. The Kier molecular flexibility index (Phi) is 4.45. The molecule has 0 aromatic heterocycles. The topological polar surface area (TPSA) is 52.6 Å². The average molecular weight is 170 g/mol. The highest BCUT2D eigenvalue weighted by Gasteiger charge is 2.04. The number of carbonyl (C=O) groups excluding carboxylic acids is 2. The van der Waals surface area contributed by atoms with E-state index in [1.54, 1.807) is 0 Å². The van der Waals surface area contributed by atoms with Gasteiger partial charge in [0.2, 0.25) is 0 Å². The third-order valence-electron chi connectivity index (χ3n) is 0.743. The van der Waals surface area contributed by atoms with Crippen LogP contribution < -0.4 is 0 Å². The summed E-state index contributed by atoms with van der Waals surface area (Å²) in [7, 11) is 0. The molecule has 0 rings (SSSR count). The van der Waals surface area contributed by atoms with Gasteiger partial charge in [-0.05, 0) is 0 Å². The zero-order chi connectivity index (χ0) is 9.56. The summed E-state index contributed by atoms with van der Waals surface area (Å²) in [6.45, 7) is 5.77. The van der Waals surface area contributed by atoms with Crippen molar-refractivity contribution in [3.8, 4) is 0 Å². The van der Waals surface area contributed by atoms with Crippen LogP contribution in [-0.2, 0) is 19.1 Å². The summed E-state index contributed by atoms with van der Waals surface area (Å²) in [4.78, 5) is 20.8. The van der Waals surface area contributed by atoms with Crippen molar-refractivity contribution in [2.45, 2.75) is 13.8 Å². The molecular formula is C8H10O4. The monoisotopic (exact) mass is 170 g/mol. The normalized spacial score (nSPS) is 8.17.